The van der Waals surface area contributed by atoms with Gasteiger partial charge in [-0.15, -0.1) is 11.6 Å². The van der Waals surface area contributed by atoms with Gasteiger partial charge < -0.3 is 9.47 Å². The monoisotopic (exact) mass is 288 g/mol. The Bertz CT molecular complexity index is 621. The van der Waals surface area contributed by atoms with Gasteiger partial charge in [-0.05, 0) is 29.8 Å². The molecule has 0 unspecified atom stereocenters. The number of nitrogens with zero attached hydrogens (tertiary/aromatic N) is 2. The average molecular weight is 289 g/mol. The van der Waals surface area contributed by atoms with Crippen LogP contribution in [0.4, 0.5) is 0 Å². The molecule has 0 spiro atoms. The summed E-state index contributed by atoms with van der Waals surface area (Å²) in [7, 11) is 1.54. The molecule has 0 amide bonds. The summed E-state index contributed by atoms with van der Waals surface area (Å²) < 4.78 is 10.7. The Kier molecular flexibility index (Phi) is 4.80. The molecule has 0 aliphatic carbocycles. The Morgan fingerprint density at radius 1 is 1.30 bits per heavy atom. The Hall–Kier alpha value is -2.25. The second-order valence-electron chi connectivity index (χ2n) is 4.05. The summed E-state index contributed by atoms with van der Waals surface area (Å²) in [6.45, 7) is 0.362. The van der Waals surface area contributed by atoms with Crippen molar-refractivity contribution in [3.63, 3.8) is 0 Å². The number of pyridine rings is 1. The molecule has 0 radical (unpaired) electrons. The van der Waals surface area contributed by atoms with E-state index in [4.69, 9.17) is 26.3 Å². The van der Waals surface area contributed by atoms with E-state index in [-0.39, 0.29) is 0 Å². The lowest BCUT2D eigenvalue weighted by Crippen LogP contribution is -1.98. The number of benzene rings is 1. The third-order valence-corrected chi connectivity index (χ3v) is 3.00. The zero-order valence-corrected chi connectivity index (χ0v) is 11.7. The molecule has 0 saturated heterocycles. The van der Waals surface area contributed by atoms with E-state index >= 15 is 0 Å². The van der Waals surface area contributed by atoms with E-state index in [1.54, 1.807) is 18.3 Å². The topological polar surface area (TPSA) is 55.1 Å². The standard InChI is InChI=1S/C15H13ClN2O2/c1-19-15-5-2-11(6-12(15)8-17)10-20-14-4-3-13(7-16)18-9-14/h2-6,9H,7,10H2,1H3. The number of rotatable bonds is 5. The van der Waals surface area contributed by atoms with Crippen LogP contribution in [0.15, 0.2) is 36.5 Å². The fourth-order valence-electron chi connectivity index (χ4n) is 1.67. The largest absolute Gasteiger partial charge is 0.495 e. The van der Waals surface area contributed by atoms with Crippen molar-refractivity contribution >= 4 is 11.6 Å². The van der Waals surface area contributed by atoms with Crippen LogP contribution < -0.4 is 9.47 Å². The minimum atomic E-state index is 0.362. The van der Waals surface area contributed by atoms with Crippen molar-refractivity contribution in [1.29, 1.82) is 5.26 Å². The molecule has 1 heterocycles. The summed E-state index contributed by atoms with van der Waals surface area (Å²) in [5.41, 5.74) is 2.18. The zero-order chi connectivity index (χ0) is 14.4. The van der Waals surface area contributed by atoms with Crippen molar-refractivity contribution in [1.82, 2.24) is 4.98 Å². The van der Waals surface area contributed by atoms with Crippen molar-refractivity contribution in [3.8, 4) is 17.6 Å². The molecule has 0 saturated carbocycles. The van der Waals surface area contributed by atoms with Gasteiger partial charge >= 0.3 is 0 Å². The summed E-state index contributed by atoms with van der Waals surface area (Å²) in [5.74, 6) is 1.60. The first-order valence-electron chi connectivity index (χ1n) is 5.97. The maximum Gasteiger partial charge on any atom is 0.138 e. The molecule has 0 fully saturated rings. The number of aromatic nitrogens is 1. The van der Waals surface area contributed by atoms with Crippen molar-refractivity contribution < 1.29 is 9.47 Å². The maximum absolute atomic E-state index is 9.02. The molecule has 0 N–H and O–H groups in total. The van der Waals surface area contributed by atoms with Gasteiger partial charge in [0.15, 0.2) is 0 Å². The lowest BCUT2D eigenvalue weighted by molar-refractivity contribution is 0.304. The molecule has 5 heteroatoms. The third kappa shape index (κ3) is 3.40. The normalized spacial score (nSPS) is 9.85. The Morgan fingerprint density at radius 3 is 2.75 bits per heavy atom. The lowest BCUT2D eigenvalue weighted by atomic mass is 10.1. The van der Waals surface area contributed by atoms with Gasteiger partial charge in [0.25, 0.3) is 0 Å². The molecule has 0 aliphatic rings. The van der Waals surface area contributed by atoms with Crippen LogP contribution in [0.5, 0.6) is 11.5 Å². The number of hydrogen-bond acceptors (Lipinski definition) is 4. The molecule has 1 aromatic heterocycles. The van der Waals surface area contributed by atoms with Crippen molar-refractivity contribution in [3.05, 3.63) is 53.3 Å². The summed E-state index contributed by atoms with van der Waals surface area (Å²) >= 11 is 5.67. The van der Waals surface area contributed by atoms with Gasteiger partial charge in [-0.1, -0.05) is 6.07 Å². The van der Waals surface area contributed by atoms with E-state index in [9.17, 15) is 0 Å². The van der Waals surface area contributed by atoms with Crippen molar-refractivity contribution in [2.24, 2.45) is 0 Å². The summed E-state index contributed by atoms with van der Waals surface area (Å²) in [5, 5.41) is 9.02. The number of nitriles is 1. The van der Waals surface area contributed by atoms with E-state index in [0.29, 0.717) is 29.5 Å². The smallest absolute Gasteiger partial charge is 0.138 e. The Balaban J connectivity index is 2.05. The summed E-state index contributed by atoms with van der Waals surface area (Å²) in [6, 6.07) is 11.1. The van der Waals surface area contributed by atoms with Crippen LogP contribution in [0, 0.1) is 11.3 Å². The van der Waals surface area contributed by atoms with Crippen LogP contribution in [0.1, 0.15) is 16.8 Å². The molecule has 4 nitrogen and oxygen atoms in total. The molecule has 2 aromatic rings. The minimum absolute atomic E-state index is 0.362. The van der Waals surface area contributed by atoms with Crippen LogP contribution in [-0.4, -0.2) is 12.1 Å². The first kappa shape index (κ1) is 14.2. The molecular formula is C15H13ClN2O2. The predicted molar refractivity (Wildman–Crippen MR) is 75.8 cm³/mol. The molecule has 1 aromatic carbocycles. The zero-order valence-electron chi connectivity index (χ0n) is 11.0. The molecule has 0 atom stereocenters. The average Bonchev–Trinajstić information content (AvgIpc) is 2.53. The molecule has 0 bridgehead atoms. The van der Waals surface area contributed by atoms with E-state index < -0.39 is 0 Å². The summed E-state index contributed by atoms with van der Waals surface area (Å²) in [4.78, 5) is 4.14. The number of ether oxygens (including phenoxy) is 2. The highest BCUT2D eigenvalue weighted by Crippen LogP contribution is 2.20. The first-order valence-corrected chi connectivity index (χ1v) is 6.51. The highest BCUT2D eigenvalue weighted by Gasteiger charge is 2.04. The third-order valence-electron chi connectivity index (χ3n) is 2.72. The maximum atomic E-state index is 9.02. The van der Waals surface area contributed by atoms with Crippen LogP contribution >= 0.6 is 11.6 Å². The van der Waals surface area contributed by atoms with E-state index in [2.05, 4.69) is 11.1 Å². The van der Waals surface area contributed by atoms with Gasteiger partial charge in [-0.25, -0.2) is 0 Å². The fourth-order valence-corrected chi connectivity index (χ4v) is 1.83. The van der Waals surface area contributed by atoms with E-state index in [1.165, 1.54) is 7.11 Å². The van der Waals surface area contributed by atoms with Crippen LogP contribution in [0.3, 0.4) is 0 Å². The highest BCUT2D eigenvalue weighted by atomic mass is 35.5. The lowest BCUT2D eigenvalue weighted by Gasteiger charge is -2.08. The number of alkyl halides is 1. The summed E-state index contributed by atoms with van der Waals surface area (Å²) in [6.07, 6.45) is 1.63. The van der Waals surface area contributed by atoms with Crippen molar-refractivity contribution in [2.75, 3.05) is 7.11 Å². The van der Waals surface area contributed by atoms with Crippen LogP contribution in [0.2, 0.25) is 0 Å². The first-order chi connectivity index (χ1) is 9.76. The fraction of sp³-hybridized carbons (Fsp3) is 0.200. The van der Waals surface area contributed by atoms with E-state index in [1.807, 2.05) is 18.2 Å². The van der Waals surface area contributed by atoms with Gasteiger partial charge in [-0.2, -0.15) is 5.26 Å². The molecular weight excluding hydrogens is 276 g/mol. The van der Waals surface area contributed by atoms with E-state index in [0.717, 1.165) is 11.3 Å². The Labute approximate surface area is 122 Å². The van der Waals surface area contributed by atoms with Gasteiger partial charge in [0.05, 0.1) is 30.4 Å². The highest BCUT2D eigenvalue weighted by molar-refractivity contribution is 6.16. The minimum Gasteiger partial charge on any atom is -0.495 e. The van der Waals surface area contributed by atoms with Crippen LogP contribution in [-0.2, 0) is 12.5 Å². The van der Waals surface area contributed by atoms with Gasteiger partial charge in [0.1, 0.15) is 24.2 Å². The molecule has 20 heavy (non-hydrogen) atoms. The van der Waals surface area contributed by atoms with Crippen LogP contribution in [0.25, 0.3) is 0 Å². The Morgan fingerprint density at radius 2 is 2.15 bits per heavy atom. The molecule has 2 rings (SSSR count). The quantitative estimate of drug-likeness (QED) is 0.792. The molecule has 102 valence electrons. The molecule has 0 aliphatic heterocycles. The second-order valence-corrected chi connectivity index (χ2v) is 4.32. The predicted octanol–water partition coefficient (Wildman–Crippen LogP) is 3.28. The second kappa shape index (κ2) is 6.78. The van der Waals surface area contributed by atoms with Gasteiger partial charge in [-0.3, -0.25) is 4.98 Å². The van der Waals surface area contributed by atoms with Crippen molar-refractivity contribution in [2.45, 2.75) is 12.5 Å². The number of methoxy groups -OCH3 is 1. The van der Waals surface area contributed by atoms with Gasteiger partial charge in [0.2, 0.25) is 0 Å². The van der Waals surface area contributed by atoms with Gasteiger partial charge in [0, 0.05) is 0 Å². The number of hydrogen-bond donors (Lipinski definition) is 0. The number of halogens is 1. The SMILES string of the molecule is COc1ccc(COc2ccc(CCl)nc2)cc1C#N.